The van der Waals surface area contributed by atoms with Crippen molar-refractivity contribution in [3.05, 3.63) is 34.2 Å². The molecule has 1 aromatic carbocycles. The molecule has 96 valence electrons. The van der Waals surface area contributed by atoms with E-state index in [1.54, 1.807) is 0 Å². The lowest BCUT2D eigenvalue weighted by Gasteiger charge is -2.09. The molecule has 0 aliphatic rings. The van der Waals surface area contributed by atoms with Crippen molar-refractivity contribution in [1.29, 1.82) is 0 Å². The number of aromatic nitrogens is 2. The quantitative estimate of drug-likeness (QED) is 0.917. The number of hydrogen-bond acceptors (Lipinski definition) is 4. The van der Waals surface area contributed by atoms with Gasteiger partial charge in [0.2, 0.25) is 0 Å². The average molecular weight is 261 g/mol. The Balaban J connectivity index is 2.30. The van der Waals surface area contributed by atoms with Gasteiger partial charge in [0.25, 0.3) is 0 Å². The SMILES string of the molecule is Cc1ccc(-c2nnsc2CNC(C)C)c(C)c1. The topological polar surface area (TPSA) is 37.8 Å². The lowest BCUT2D eigenvalue weighted by Crippen LogP contribution is -2.21. The third kappa shape index (κ3) is 2.94. The molecule has 0 fully saturated rings. The Morgan fingerprint density at radius 3 is 2.72 bits per heavy atom. The van der Waals surface area contributed by atoms with Gasteiger partial charge in [0.15, 0.2) is 0 Å². The molecular formula is C14H19N3S. The molecule has 0 unspecified atom stereocenters. The van der Waals surface area contributed by atoms with Crippen LogP contribution in [0.5, 0.6) is 0 Å². The van der Waals surface area contributed by atoms with Crippen LogP contribution in [0.4, 0.5) is 0 Å². The minimum atomic E-state index is 0.471. The molecule has 18 heavy (non-hydrogen) atoms. The third-order valence-electron chi connectivity index (χ3n) is 2.86. The molecule has 0 aliphatic carbocycles. The maximum Gasteiger partial charge on any atom is 0.110 e. The Kier molecular flexibility index (Phi) is 4.09. The summed E-state index contributed by atoms with van der Waals surface area (Å²) in [6.45, 7) is 9.35. The molecule has 0 saturated carbocycles. The van der Waals surface area contributed by atoms with Crippen LogP contribution >= 0.6 is 11.5 Å². The molecule has 1 heterocycles. The first-order valence-electron chi connectivity index (χ1n) is 6.20. The minimum absolute atomic E-state index is 0.471. The highest BCUT2D eigenvalue weighted by atomic mass is 32.1. The fourth-order valence-corrected chi connectivity index (χ4v) is 2.51. The second-order valence-corrected chi connectivity index (χ2v) is 5.74. The number of nitrogens with zero attached hydrogens (tertiary/aromatic N) is 2. The van der Waals surface area contributed by atoms with Crippen molar-refractivity contribution in [2.24, 2.45) is 0 Å². The molecule has 0 saturated heterocycles. The van der Waals surface area contributed by atoms with Gasteiger partial charge in [0.1, 0.15) is 5.69 Å². The lowest BCUT2D eigenvalue weighted by atomic mass is 10.0. The van der Waals surface area contributed by atoms with Crippen molar-refractivity contribution in [3.63, 3.8) is 0 Å². The largest absolute Gasteiger partial charge is 0.310 e. The number of nitrogens with one attached hydrogen (secondary N) is 1. The second-order valence-electron chi connectivity index (χ2n) is 4.90. The Morgan fingerprint density at radius 2 is 2.06 bits per heavy atom. The van der Waals surface area contributed by atoms with Crippen LogP contribution in [0, 0.1) is 13.8 Å². The van der Waals surface area contributed by atoms with E-state index < -0.39 is 0 Å². The Morgan fingerprint density at radius 1 is 1.28 bits per heavy atom. The summed E-state index contributed by atoms with van der Waals surface area (Å²) in [4.78, 5) is 1.20. The van der Waals surface area contributed by atoms with Gasteiger partial charge in [0.05, 0.1) is 4.88 Å². The third-order valence-corrected chi connectivity index (χ3v) is 3.59. The Labute approximate surface area is 112 Å². The first kappa shape index (κ1) is 13.2. The summed E-state index contributed by atoms with van der Waals surface area (Å²) >= 11 is 1.48. The van der Waals surface area contributed by atoms with Crippen LogP contribution in [-0.4, -0.2) is 15.6 Å². The van der Waals surface area contributed by atoms with Crippen molar-refractivity contribution in [1.82, 2.24) is 14.9 Å². The smallest absolute Gasteiger partial charge is 0.110 e. The van der Waals surface area contributed by atoms with Crippen LogP contribution in [0.1, 0.15) is 29.9 Å². The summed E-state index contributed by atoms with van der Waals surface area (Å²) in [6, 6.07) is 6.93. The van der Waals surface area contributed by atoms with Gasteiger partial charge in [-0.1, -0.05) is 42.1 Å². The summed E-state index contributed by atoms with van der Waals surface area (Å²) in [5.74, 6) is 0. The van der Waals surface area contributed by atoms with Gasteiger partial charge in [-0.15, -0.1) is 5.10 Å². The Bertz CT molecular complexity index is 532. The van der Waals surface area contributed by atoms with Crippen LogP contribution < -0.4 is 5.32 Å². The standard InChI is InChI=1S/C14H19N3S/c1-9(2)15-8-13-14(16-17-18-13)12-6-5-10(3)7-11(12)4/h5-7,9,15H,8H2,1-4H3. The minimum Gasteiger partial charge on any atom is -0.310 e. The van der Waals surface area contributed by atoms with Crippen molar-refractivity contribution >= 4 is 11.5 Å². The molecule has 4 heteroatoms. The molecule has 1 aromatic heterocycles. The van der Waals surface area contributed by atoms with E-state index in [0.29, 0.717) is 6.04 Å². The predicted molar refractivity (Wildman–Crippen MR) is 76.8 cm³/mol. The van der Waals surface area contributed by atoms with Gasteiger partial charge < -0.3 is 5.32 Å². The zero-order chi connectivity index (χ0) is 13.1. The molecular weight excluding hydrogens is 242 g/mol. The molecule has 0 aliphatic heterocycles. The summed E-state index contributed by atoms with van der Waals surface area (Å²) in [7, 11) is 0. The summed E-state index contributed by atoms with van der Waals surface area (Å²) in [6.07, 6.45) is 0. The van der Waals surface area contributed by atoms with Gasteiger partial charge >= 0.3 is 0 Å². The van der Waals surface area contributed by atoms with E-state index in [9.17, 15) is 0 Å². The first-order valence-corrected chi connectivity index (χ1v) is 6.97. The normalized spacial score (nSPS) is 11.2. The number of rotatable bonds is 4. The molecule has 0 spiro atoms. The maximum absolute atomic E-state index is 4.28. The van der Waals surface area contributed by atoms with E-state index in [2.05, 4.69) is 60.8 Å². The lowest BCUT2D eigenvalue weighted by molar-refractivity contribution is 0.593. The van der Waals surface area contributed by atoms with Crippen LogP contribution in [-0.2, 0) is 6.54 Å². The van der Waals surface area contributed by atoms with Gasteiger partial charge in [-0.3, -0.25) is 0 Å². The molecule has 0 amide bonds. The fourth-order valence-electron chi connectivity index (χ4n) is 1.91. The zero-order valence-corrected chi connectivity index (χ0v) is 12.1. The van der Waals surface area contributed by atoms with E-state index >= 15 is 0 Å². The molecule has 2 rings (SSSR count). The van der Waals surface area contributed by atoms with E-state index in [0.717, 1.165) is 12.2 Å². The van der Waals surface area contributed by atoms with Crippen LogP contribution in [0.15, 0.2) is 18.2 Å². The molecule has 0 bridgehead atoms. The summed E-state index contributed by atoms with van der Waals surface area (Å²) in [5, 5.41) is 7.70. The van der Waals surface area contributed by atoms with Crippen LogP contribution in [0.25, 0.3) is 11.3 Å². The fraction of sp³-hybridized carbons (Fsp3) is 0.429. The van der Waals surface area contributed by atoms with Gasteiger partial charge in [-0.05, 0) is 30.9 Å². The highest BCUT2D eigenvalue weighted by Gasteiger charge is 2.12. The number of benzene rings is 1. The van der Waals surface area contributed by atoms with E-state index in [-0.39, 0.29) is 0 Å². The van der Waals surface area contributed by atoms with Gasteiger partial charge in [0, 0.05) is 18.2 Å². The first-order chi connectivity index (χ1) is 8.58. The molecule has 0 atom stereocenters. The summed E-state index contributed by atoms with van der Waals surface area (Å²) < 4.78 is 4.09. The molecule has 2 aromatic rings. The van der Waals surface area contributed by atoms with Gasteiger partial charge in [-0.25, -0.2) is 0 Å². The molecule has 1 N–H and O–H groups in total. The highest BCUT2D eigenvalue weighted by molar-refractivity contribution is 7.05. The number of aryl methyl sites for hydroxylation is 2. The zero-order valence-electron chi connectivity index (χ0n) is 11.3. The van der Waals surface area contributed by atoms with Crippen molar-refractivity contribution in [2.45, 2.75) is 40.3 Å². The molecule has 0 radical (unpaired) electrons. The Hall–Kier alpha value is -1.26. The predicted octanol–water partition coefficient (Wildman–Crippen LogP) is 3.32. The van der Waals surface area contributed by atoms with Crippen molar-refractivity contribution in [3.8, 4) is 11.3 Å². The van der Waals surface area contributed by atoms with Crippen molar-refractivity contribution < 1.29 is 0 Å². The van der Waals surface area contributed by atoms with Gasteiger partial charge in [-0.2, -0.15) is 0 Å². The maximum atomic E-state index is 4.28. The van der Waals surface area contributed by atoms with E-state index in [1.807, 2.05) is 0 Å². The highest BCUT2D eigenvalue weighted by Crippen LogP contribution is 2.27. The molecule has 3 nitrogen and oxygen atoms in total. The van der Waals surface area contributed by atoms with Crippen LogP contribution in [0.2, 0.25) is 0 Å². The van der Waals surface area contributed by atoms with Crippen molar-refractivity contribution in [2.75, 3.05) is 0 Å². The second kappa shape index (κ2) is 5.59. The van der Waals surface area contributed by atoms with E-state index in [4.69, 9.17) is 0 Å². The monoisotopic (exact) mass is 261 g/mol. The number of hydrogen-bond donors (Lipinski definition) is 1. The summed E-state index contributed by atoms with van der Waals surface area (Å²) in [5.41, 5.74) is 4.75. The van der Waals surface area contributed by atoms with E-state index in [1.165, 1.54) is 33.1 Å². The van der Waals surface area contributed by atoms with Crippen LogP contribution in [0.3, 0.4) is 0 Å². The average Bonchev–Trinajstić information content (AvgIpc) is 2.74.